The number of benzene rings is 1. The molecule has 0 bridgehead atoms. The first kappa shape index (κ1) is 17.5. The average molecular weight is 359 g/mol. The number of halogens is 1. The van der Waals surface area contributed by atoms with Gasteiger partial charge in [-0.05, 0) is 40.5 Å². The molecule has 116 valence electrons. The fourth-order valence-corrected chi connectivity index (χ4v) is 1.85. The summed E-state index contributed by atoms with van der Waals surface area (Å²) in [6.07, 6.45) is 2.07. The largest absolute Gasteiger partial charge is 0.478 e. The van der Waals surface area contributed by atoms with Crippen molar-refractivity contribution < 1.29 is 19.4 Å². The van der Waals surface area contributed by atoms with E-state index in [1.165, 1.54) is 12.1 Å². The number of urea groups is 1. The van der Waals surface area contributed by atoms with Crippen LogP contribution in [0, 0.1) is 0 Å². The Morgan fingerprint density at radius 2 is 2.10 bits per heavy atom. The maximum absolute atomic E-state index is 11.7. The predicted octanol–water partition coefficient (Wildman–Crippen LogP) is 3.09. The Kier molecular flexibility index (Phi) is 7.78. The maximum atomic E-state index is 11.7. The van der Waals surface area contributed by atoms with Gasteiger partial charge in [-0.3, -0.25) is 0 Å². The Hall–Kier alpha value is -1.60. The fourth-order valence-electron chi connectivity index (χ4n) is 1.51. The molecule has 0 saturated carbocycles. The number of carboxylic acid groups (broad SMARTS) is 1. The minimum absolute atomic E-state index is 0.108. The normalized spacial score (nSPS) is 10.2. The summed E-state index contributed by atoms with van der Waals surface area (Å²) in [5.41, 5.74) is 0.510. The molecule has 6 nitrogen and oxygen atoms in total. The molecule has 0 heterocycles. The molecular formula is C14H19BrN2O4. The van der Waals surface area contributed by atoms with E-state index in [0.29, 0.717) is 29.9 Å². The Morgan fingerprint density at radius 1 is 1.33 bits per heavy atom. The van der Waals surface area contributed by atoms with Crippen LogP contribution in [0.5, 0.6) is 0 Å². The zero-order chi connectivity index (χ0) is 15.7. The molecule has 0 atom stereocenters. The minimum Gasteiger partial charge on any atom is -0.478 e. The molecule has 0 fully saturated rings. The van der Waals surface area contributed by atoms with Crippen molar-refractivity contribution in [3.05, 3.63) is 28.2 Å². The van der Waals surface area contributed by atoms with E-state index in [1.807, 2.05) is 0 Å². The second-order valence-electron chi connectivity index (χ2n) is 4.35. The van der Waals surface area contributed by atoms with Crippen molar-refractivity contribution >= 4 is 33.6 Å². The van der Waals surface area contributed by atoms with Crippen LogP contribution < -0.4 is 10.6 Å². The van der Waals surface area contributed by atoms with Crippen LogP contribution >= 0.6 is 15.9 Å². The second-order valence-corrected chi connectivity index (χ2v) is 5.20. The number of anilines is 1. The van der Waals surface area contributed by atoms with Gasteiger partial charge in [-0.1, -0.05) is 13.3 Å². The van der Waals surface area contributed by atoms with Gasteiger partial charge in [0, 0.05) is 17.6 Å². The summed E-state index contributed by atoms with van der Waals surface area (Å²) in [5.74, 6) is -1.05. The molecule has 21 heavy (non-hydrogen) atoms. The van der Waals surface area contributed by atoms with Crippen LogP contribution in [0.4, 0.5) is 10.5 Å². The highest BCUT2D eigenvalue weighted by molar-refractivity contribution is 9.10. The first-order valence-electron chi connectivity index (χ1n) is 6.70. The first-order chi connectivity index (χ1) is 10.0. The molecule has 1 aromatic carbocycles. The van der Waals surface area contributed by atoms with Gasteiger partial charge in [-0.2, -0.15) is 0 Å². The van der Waals surface area contributed by atoms with E-state index in [4.69, 9.17) is 9.84 Å². The number of hydrogen-bond donors (Lipinski definition) is 3. The van der Waals surface area contributed by atoms with Crippen LogP contribution in [-0.4, -0.2) is 36.9 Å². The number of carboxylic acids is 1. The van der Waals surface area contributed by atoms with Gasteiger partial charge in [0.05, 0.1) is 17.9 Å². The van der Waals surface area contributed by atoms with Crippen molar-refractivity contribution in [2.75, 3.05) is 25.1 Å². The number of hydrogen-bond acceptors (Lipinski definition) is 3. The highest BCUT2D eigenvalue weighted by atomic mass is 79.9. The van der Waals surface area contributed by atoms with E-state index >= 15 is 0 Å². The average Bonchev–Trinajstić information content (AvgIpc) is 2.44. The van der Waals surface area contributed by atoms with E-state index in [-0.39, 0.29) is 5.56 Å². The van der Waals surface area contributed by atoms with Crippen molar-refractivity contribution in [2.45, 2.75) is 19.8 Å². The number of aromatic carboxylic acids is 1. The van der Waals surface area contributed by atoms with Gasteiger partial charge in [0.15, 0.2) is 0 Å². The number of rotatable bonds is 8. The van der Waals surface area contributed by atoms with Crippen LogP contribution in [0.15, 0.2) is 22.7 Å². The SMILES string of the molecule is CCCCOCCNC(=O)Nc1cc(C(=O)O)ccc1Br. The topological polar surface area (TPSA) is 87.7 Å². The third kappa shape index (κ3) is 6.59. The quantitative estimate of drug-likeness (QED) is 0.623. The zero-order valence-electron chi connectivity index (χ0n) is 11.8. The molecule has 3 N–H and O–H groups in total. The molecule has 0 aliphatic heterocycles. The van der Waals surface area contributed by atoms with Gasteiger partial charge < -0.3 is 20.5 Å². The van der Waals surface area contributed by atoms with Gasteiger partial charge in [0.2, 0.25) is 0 Å². The van der Waals surface area contributed by atoms with E-state index in [2.05, 4.69) is 33.5 Å². The smallest absolute Gasteiger partial charge is 0.335 e. The lowest BCUT2D eigenvalue weighted by Crippen LogP contribution is -2.31. The molecular weight excluding hydrogens is 340 g/mol. The summed E-state index contributed by atoms with van der Waals surface area (Å²) < 4.78 is 5.93. The van der Waals surface area contributed by atoms with Crippen LogP contribution in [-0.2, 0) is 4.74 Å². The van der Waals surface area contributed by atoms with E-state index in [9.17, 15) is 9.59 Å². The Labute approximate surface area is 132 Å². The summed E-state index contributed by atoms with van der Waals surface area (Å²) >= 11 is 3.26. The first-order valence-corrected chi connectivity index (χ1v) is 7.49. The summed E-state index contributed by atoms with van der Waals surface area (Å²) in [7, 11) is 0. The number of ether oxygens (including phenoxy) is 1. The van der Waals surface area contributed by atoms with Crippen LogP contribution in [0.2, 0.25) is 0 Å². The molecule has 0 saturated heterocycles. The third-order valence-electron chi connectivity index (χ3n) is 2.64. The highest BCUT2D eigenvalue weighted by Crippen LogP contribution is 2.23. The van der Waals surface area contributed by atoms with Crippen LogP contribution in [0.1, 0.15) is 30.1 Å². The number of nitrogens with one attached hydrogen (secondary N) is 2. The van der Waals surface area contributed by atoms with Crippen LogP contribution in [0.3, 0.4) is 0 Å². The van der Waals surface area contributed by atoms with Crippen molar-refractivity contribution in [3.63, 3.8) is 0 Å². The molecule has 1 rings (SSSR count). The van der Waals surface area contributed by atoms with E-state index in [0.717, 1.165) is 12.8 Å². The monoisotopic (exact) mass is 358 g/mol. The lowest BCUT2D eigenvalue weighted by atomic mass is 10.2. The number of carbonyl (C=O) groups excluding carboxylic acids is 1. The second kappa shape index (κ2) is 9.36. The summed E-state index contributed by atoms with van der Waals surface area (Å²) in [6, 6.07) is 4.02. The number of carbonyl (C=O) groups is 2. The molecule has 1 aromatic rings. The molecule has 0 spiro atoms. The number of unbranched alkanes of at least 4 members (excludes halogenated alkanes) is 1. The van der Waals surface area contributed by atoms with Gasteiger partial charge in [0.1, 0.15) is 0 Å². The Bertz CT molecular complexity index is 494. The van der Waals surface area contributed by atoms with Crippen LogP contribution in [0.25, 0.3) is 0 Å². The van der Waals surface area contributed by atoms with Gasteiger partial charge >= 0.3 is 12.0 Å². The maximum Gasteiger partial charge on any atom is 0.335 e. The fraction of sp³-hybridized carbons (Fsp3) is 0.429. The third-order valence-corrected chi connectivity index (χ3v) is 3.33. The lowest BCUT2D eigenvalue weighted by Gasteiger charge is -2.10. The molecule has 7 heteroatoms. The van der Waals surface area contributed by atoms with Crippen molar-refractivity contribution in [3.8, 4) is 0 Å². The van der Waals surface area contributed by atoms with Gasteiger partial charge in [-0.15, -0.1) is 0 Å². The summed E-state index contributed by atoms with van der Waals surface area (Å²) in [5, 5.41) is 14.2. The van der Waals surface area contributed by atoms with E-state index in [1.54, 1.807) is 6.07 Å². The highest BCUT2D eigenvalue weighted by Gasteiger charge is 2.09. The van der Waals surface area contributed by atoms with Gasteiger partial charge in [-0.25, -0.2) is 9.59 Å². The van der Waals surface area contributed by atoms with Crippen molar-refractivity contribution in [1.29, 1.82) is 0 Å². The van der Waals surface area contributed by atoms with Crippen molar-refractivity contribution in [1.82, 2.24) is 5.32 Å². The molecule has 0 radical (unpaired) electrons. The summed E-state index contributed by atoms with van der Waals surface area (Å²) in [4.78, 5) is 22.6. The molecule has 0 unspecified atom stereocenters. The lowest BCUT2D eigenvalue weighted by molar-refractivity contribution is 0.0697. The van der Waals surface area contributed by atoms with Crippen molar-refractivity contribution in [2.24, 2.45) is 0 Å². The minimum atomic E-state index is -1.05. The Morgan fingerprint density at radius 3 is 2.76 bits per heavy atom. The van der Waals surface area contributed by atoms with Gasteiger partial charge in [0.25, 0.3) is 0 Å². The molecule has 0 aliphatic rings. The zero-order valence-corrected chi connectivity index (χ0v) is 13.4. The van der Waals surface area contributed by atoms with E-state index < -0.39 is 12.0 Å². The standard InChI is InChI=1S/C14H19BrN2O4/c1-2-3-7-21-8-6-16-14(20)17-12-9-10(13(18)19)4-5-11(12)15/h4-5,9H,2-3,6-8H2,1H3,(H,18,19)(H2,16,17,20). The molecule has 2 amide bonds. The number of amides is 2. The molecule has 0 aromatic heterocycles. The predicted molar refractivity (Wildman–Crippen MR) is 83.8 cm³/mol. The summed E-state index contributed by atoms with van der Waals surface area (Å²) in [6.45, 7) is 3.61. The Balaban J connectivity index is 2.40. The molecule has 0 aliphatic carbocycles.